The van der Waals surface area contributed by atoms with E-state index in [0.29, 0.717) is 12.1 Å². The molecule has 1 aromatic rings. The fourth-order valence-corrected chi connectivity index (χ4v) is 4.28. The molecule has 0 spiro atoms. The first kappa shape index (κ1) is 16.8. The molecule has 0 aromatic heterocycles. The Bertz CT molecular complexity index is 537. The highest BCUT2D eigenvalue weighted by Gasteiger charge is 2.41. The van der Waals surface area contributed by atoms with Gasteiger partial charge in [-0.2, -0.15) is 0 Å². The van der Waals surface area contributed by atoms with Gasteiger partial charge in [0.05, 0.1) is 5.41 Å². The summed E-state index contributed by atoms with van der Waals surface area (Å²) in [5.41, 5.74) is 0.762. The first-order valence-electron chi connectivity index (χ1n) is 8.90. The van der Waals surface area contributed by atoms with Crippen LogP contribution in [0.4, 0.5) is 0 Å². The molecule has 0 radical (unpaired) electrons. The van der Waals surface area contributed by atoms with E-state index in [9.17, 15) is 4.79 Å². The van der Waals surface area contributed by atoms with Gasteiger partial charge >= 0.3 is 0 Å². The lowest BCUT2D eigenvalue weighted by atomic mass is 9.68. The molecule has 2 N–H and O–H groups in total. The van der Waals surface area contributed by atoms with Crippen LogP contribution >= 0.6 is 11.6 Å². The smallest absolute Gasteiger partial charge is 0.230 e. The van der Waals surface area contributed by atoms with E-state index in [1.165, 1.54) is 6.42 Å². The second-order valence-electron chi connectivity index (χ2n) is 7.20. The topological polar surface area (TPSA) is 41.1 Å². The van der Waals surface area contributed by atoms with Crippen LogP contribution in [-0.2, 0) is 10.2 Å². The second-order valence-corrected chi connectivity index (χ2v) is 7.64. The van der Waals surface area contributed by atoms with Crippen molar-refractivity contribution in [2.75, 3.05) is 6.54 Å². The number of carbonyl (C=O) groups is 1. The van der Waals surface area contributed by atoms with Crippen LogP contribution in [0.3, 0.4) is 0 Å². The van der Waals surface area contributed by atoms with Crippen LogP contribution in [0.25, 0.3) is 0 Å². The summed E-state index contributed by atoms with van der Waals surface area (Å²) in [5, 5.41) is 7.54. The van der Waals surface area contributed by atoms with E-state index in [-0.39, 0.29) is 11.3 Å². The molecule has 2 unspecified atom stereocenters. The first-order valence-corrected chi connectivity index (χ1v) is 9.28. The number of halogens is 1. The minimum atomic E-state index is -0.364. The number of piperidine rings is 1. The van der Waals surface area contributed by atoms with E-state index < -0.39 is 0 Å². The summed E-state index contributed by atoms with van der Waals surface area (Å²) in [7, 11) is 0. The van der Waals surface area contributed by atoms with Gasteiger partial charge in [-0.1, -0.05) is 43.0 Å². The lowest BCUT2D eigenvalue weighted by molar-refractivity contribution is -0.129. The van der Waals surface area contributed by atoms with E-state index in [1.54, 1.807) is 0 Å². The summed E-state index contributed by atoms with van der Waals surface area (Å²) >= 11 is 6.04. The van der Waals surface area contributed by atoms with Crippen LogP contribution in [0.5, 0.6) is 0 Å². The van der Waals surface area contributed by atoms with Crippen molar-refractivity contribution in [2.45, 2.75) is 69.4 Å². The molecule has 3 nitrogen and oxygen atoms in total. The molecule has 2 atom stereocenters. The molecule has 1 amide bonds. The van der Waals surface area contributed by atoms with Gasteiger partial charge in [0.25, 0.3) is 0 Å². The molecule has 1 aliphatic heterocycles. The molecule has 1 aromatic carbocycles. The van der Waals surface area contributed by atoms with Crippen LogP contribution in [-0.4, -0.2) is 24.5 Å². The van der Waals surface area contributed by atoms with Gasteiger partial charge in [0, 0.05) is 17.1 Å². The van der Waals surface area contributed by atoms with Gasteiger partial charge in [-0.25, -0.2) is 0 Å². The van der Waals surface area contributed by atoms with Gasteiger partial charge in [0.2, 0.25) is 5.91 Å². The number of carbonyl (C=O) groups excluding carboxylic acids is 1. The SMILES string of the molecule is CC1CC(NC(=O)C2(c3ccc(Cl)cc3)CCCCC2)CCN1. The van der Waals surface area contributed by atoms with Crippen molar-refractivity contribution < 1.29 is 4.79 Å². The zero-order valence-electron chi connectivity index (χ0n) is 13.9. The highest BCUT2D eigenvalue weighted by atomic mass is 35.5. The number of amides is 1. The summed E-state index contributed by atoms with van der Waals surface area (Å²) in [6.45, 7) is 3.17. The van der Waals surface area contributed by atoms with Gasteiger partial charge in [0.1, 0.15) is 0 Å². The Balaban J connectivity index is 1.80. The second kappa shape index (κ2) is 7.23. The standard InChI is InChI=1S/C19H27ClN2O/c1-14-13-17(9-12-21-14)22-18(23)19(10-3-2-4-11-19)15-5-7-16(20)8-6-15/h5-8,14,17,21H,2-4,9-13H2,1H3,(H,22,23). The Morgan fingerprint density at radius 1 is 1.22 bits per heavy atom. The number of benzene rings is 1. The maximum absolute atomic E-state index is 13.2. The van der Waals surface area contributed by atoms with Crippen molar-refractivity contribution in [3.05, 3.63) is 34.9 Å². The van der Waals surface area contributed by atoms with Crippen LogP contribution in [0.2, 0.25) is 5.02 Å². The average Bonchev–Trinajstić information content (AvgIpc) is 2.56. The monoisotopic (exact) mass is 334 g/mol. The van der Waals surface area contributed by atoms with E-state index in [2.05, 4.69) is 17.6 Å². The third-order valence-corrected chi connectivity index (χ3v) is 5.75. The van der Waals surface area contributed by atoms with Gasteiger partial charge in [0.15, 0.2) is 0 Å². The maximum Gasteiger partial charge on any atom is 0.230 e. The largest absolute Gasteiger partial charge is 0.352 e. The van der Waals surface area contributed by atoms with Gasteiger partial charge in [-0.3, -0.25) is 4.79 Å². The summed E-state index contributed by atoms with van der Waals surface area (Å²) in [6.07, 6.45) is 7.40. The minimum absolute atomic E-state index is 0.221. The molecule has 3 rings (SSSR count). The molecule has 126 valence electrons. The third kappa shape index (κ3) is 3.72. The molecule has 0 bridgehead atoms. The first-order chi connectivity index (χ1) is 11.1. The van der Waals surface area contributed by atoms with E-state index in [0.717, 1.165) is 55.7 Å². The van der Waals surface area contributed by atoms with Gasteiger partial charge in [-0.15, -0.1) is 0 Å². The molecular formula is C19H27ClN2O. The van der Waals surface area contributed by atoms with Crippen LogP contribution in [0.15, 0.2) is 24.3 Å². The van der Waals surface area contributed by atoms with Crippen molar-refractivity contribution in [3.8, 4) is 0 Å². The summed E-state index contributed by atoms with van der Waals surface area (Å²) < 4.78 is 0. The summed E-state index contributed by atoms with van der Waals surface area (Å²) in [5.74, 6) is 0.221. The molecule has 23 heavy (non-hydrogen) atoms. The number of hydrogen-bond acceptors (Lipinski definition) is 2. The molecule has 1 aliphatic carbocycles. The van der Waals surface area contributed by atoms with Crippen LogP contribution in [0.1, 0.15) is 57.4 Å². The fraction of sp³-hybridized carbons (Fsp3) is 0.632. The molecule has 1 saturated heterocycles. The van der Waals surface area contributed by atoms with Crippen molar-refractivity contribution in [3.63, 3.8) is 0 Å². The Morgan fingerprint density at radius 3 is 2.57 bits per heavy atom. The highest BCUT2D eigenvalue weighted by molar-refractivity contribution is 6.30. The third-order valence-electron chi connectivity index (χ3n) is 5.50. The van der Waals surface area contributed by atoms with Crippen LogP contribution in [0, 0.1) is 0 Å². The van der Waals surface area contributed by atoms with Crippen molar-refractivity contribution in [1.82, 2.24) is 10.6 Å². The van der Waals surface area contributed by atoms with Crippen molar-refractivity contribution in [2.24, 2.45) is 0 Å². The zero-order valence-corrected chi connectivity index (χ0v) is 14.7. The maximum atomic E-state index is 13.2. The fourth-order valence-electron chi connectivity index (χ4n) is 4.16. The van der Waals surface area contributed by atoms with Crippen molar-refractivity contribution >= 4 is 17.5 Å². The lowest BCUT2D eigenvalue weighted by Gasteiger charge is -2.39. The predicted octanol–water partition coefficient (Wildman–Crippen LogP) is 3.80. The molecule has 2 aliphatic rings. The highest BCUT2D eigenvalue weighted by Crippen LogP contribution is 2.40. The molecule has 2 fully saturated rings. The Morgan fingerprint density at radius 2 is 1.91 bits per heavy atom. The van der Waals surface area contributed by atoms with Crippen molar-refractivity contribution in [1.29, 1.82) is 0 Å². The molecular weight excluding hydrogens is 308 g/mol. The summed E-state index contributed by atoms with van der Waals surface area (Å²) in [6, 6.07) is 8.67. The average molecular weight is 335 g/mol. The zero-order chi connectivity index (χ0) is 16.3. The van der Waals surface area contributed by atoms with E-state index in [4.69, 9.17) is 11.6 Å². The molecule has 1 saturated carbocycles. The van der Waals surface area contributed by atoms with Gasteiger partial charge < -0.3 is 10.6 Å². The van der Waals surface area contributed by atoms with E-state index in [1.807, 2.05) is 24.3 Å². The number of rotatable bonds is 3. The lowest BCUT2D eigenvalue weighted by Crippen LogP contribution is -2.53. The summed E-state index contributed by atoms with van der Waals surface area (Å²) in [4.78, 5) is 13.2. The minimum Gasteiger partial charge on any atom is -0.352 e. The normalized spacial score (nSPS) is 27.4. The Hall–Kier alpha value is -1.06. The number of nitrogens with one attached hydrogen (secondary N) is 2. The van der Waals surface area contributed by atoms with Gasteiger partial charge in [-0.05, 0) is 56.8 Å². The quantitative estimate of drug-likeness (QED) is 0.882. The number of hydrogen-bond donors (Lipinski definition) is 2. The Labute approximate surface area is 144 Å². The van der Waals surface area contributed by atoms with E-state index >= 15 is 0 Å². The molecule has 1 heterocycles. The van der Waals surface area contributed by atoms with Crippen LogP contribution < -0.4 is 10.6 Å². The molecule has 4 heteroatoms. The Kier molecular flexibility index (Phi) is 5.27. The predicted molar refractivity (Wildman–Crippen MR) is 94.8 cm³/mol.